The molecule has 1 heterocycles. The molecule has 0 radical (unpaired) electrons. The second kappa shape index (κ2) is 8.99. The highest BCUT2D eigenvalue weighted by atomic mass is 32.2. The maximum atomic E-state index is 13.1. The number of carbonyl (C=O) groups excluding carboxylic acids is 1. The van der Waals surface area contributed by atoms with Gasteiger partial charge >= 0.3 is 0 Å². The molecule has 26 heavy (non-hydrogen) atoms. The second-order valence-corrected chi connectivity index (χ2v) is 7.26. The van der Waals surface area contributed by atoms with Gasteiger partial charge in [0.05, 0.1) is 13.2 Å². The van der Waals surface area contributed by atoms with Crippen molar-refractivity contribution >= 4 is 17.7 Å². The Balaban J connectivity index is 1.88. The number of hydrogen-bond acceptors (Lipinski definition) is 4. The topological polar surface area (TPSA) is 38.8 Å². The number of thioether (sulfide) groups is 1. The number of rotatable bonds is 6. The molecule has 0 bridgehead atoms. The Kier molecular flexibility index (Phi) is 6.45. The maximum absolute atomic E-state index is 13.1. The molecule has 0 fully saturated rings. The zero-order chi connectivity index (χ0) is 18.4. The highest BCUT2D eigenvalue weighted by molar-refractivity contribution is 8.00. The van der Waals surface area contributed by atoms with E-state index in [1.54, 1.807) is 11.8 Å². The fourth-order valence-corrected chi connectivity index (χ4v) is 4.08. The summed E-state index contributed by atoms with van der Waals surface area (Å²) < 4.78 is 11.5. The van der Waals surface area contributed by atoms with Gasteiger partial charge in [0.15, 0.2) is 11.5 Å². The monoisotopic (exact) mass is 371 g/mol. The summed E-state index contributed by atoms with van der Waals surface area (Å²) in [5.41, 5.74) is 1.02. The van der Waals surface area contributed by atoms with Crippen LogP contribution in [-0.2, 0) is 4.79 Å². The molecule has 2 aromatic carbocycles. The largest absolute Gasteiger partial charge is 0.490 e. The van der Waals surface area contributed by atoms with Gasteiger partial charge in [-0.15, -0.1) is 11.8 Å². The number of ether oxygens (including phenoxy) is 2. The van der Waals surface area contributed by atoms with Crippen LogP contribution in [-0.4, -0.2) is 37.1 Å². The van der Waals surface area contributed by atoms with E-state index in [1.807, 2.05) is 67.3 Å². The molecular weight excluding hydrogens is 346 g/mol. The number of hydrogen-bond donors (Lipinski definition) is 0. The Bertz CT molecular complexity index is 731. The summed E-state index contributed by atoms with van der Waals surface area (Å²) in [6, 6.07) is 15.9. The number of fused-ring (bicyclic) bond motifs is 1. The Hall–Kier alpha value is -2.14. The Morgan fingerprint density at radius 1 is 1.04 bits per heavy atom. The van der Waals surface area contributed by atoms with E-state index in [-0.39, 0.29) is 11.2 Å². The van der Waals surface area contributed by atoms with E-state index in [0.29, 0.717) is 26.3 Å². The second-order valence-electron chi connectivity index (χ2n) is 6.08. The molecule has 2 aromatic rings. The van der Waals surface area contributed by atoms with Gasteiger partial charge in [-0.1, -0.05) is 30.3 Å². The lowest BCUT2D eigenvalue weighted by atomic mass is 10.1. The first kappa shape index (κ1) is 18.6. The van der Waals surface area contributed by atoms with Crippen LogP contribution in [0.2, 0.25) is 0 Å². The van der Waals surface area contributed by atoms with Crippen LogP contribution < -0.4 is 9.47 Å². The van der Waals surface area contributed by atoms with Crippen molar-refractivity contribution in [1.29, 1.82) is 0 Å². The minimum Gasteiger partial charge on any atom is -0.490 e. The number of benzene rings is 2. The van der Waals surface area contributed by atoms with Gasteiger partial charge in [0.25, 0.3) is 0 Å². The number of carbonyl (C=O) groups is 1. The highest BCUT2D eigenvalue weighted by Crippen LogP contribution is 2.40. The molecule has 0 aromatic heterocycles. The molecule has 1 aliphatic heterocycles. The first-order valence-corrected chi connectivity index (χ1v) is 10.0. The molecule has 0 N–H and O–H groups in total. The highest BCUT2D eigenvalue weighted by Gasteiger charge is 2.26. The summed E-state index contributed by atoms with van der Waals surface area (Å²) in [6.07, 6.45) is 0.879. The van der Waals surface area contributed by atoms with Gasteiger partial charge in [0.2, 0.25) is 5.91 Å². The van der Waals surface area contributed by atoms with Crippen LogP contribution in [0.25, 0.3) is 0 Å². The molecular formula is C21H25NO3S. The molecule has 0 aliphatic carbocycles. The van der Waals surface area contributed by atoms with Crippen LogP contribution in [0.5, 0.6) is 11.5 Å². The van der Waals surface area contributed by atoms with E-state index >= 15 is 0 Å². The van der Waals surface area contributed by atoms with Crippen LogP contribution in [0.1, 0.15) is 31.1 Å². The lowest BCUT2D eigenvalue weighted by molar-refractivity contribution is -0.130. The van der Waals surface area contributed by atoms with E-state index in [0.717, 1.165) is 28.4 Å². The van der Waals surface area contributed by atoms with Crippen molar-refractivity contribution in [3.8, 4) is 11.5 Å². The van der Waals surface area contributed by atoms with Gasteiger partial charge < -0.3 is 14.4 Å². The fourth-order valence-electron chi connectivity index (χ4n) is 2.94. The average Bonchev–Trinajstić information content (AvgIpc) is 2.92. The molecule has 4 nitrogen and oxygen atoms in total. The van der Waals surface area contributed by atoms with E-state index < -0.39 is 0 Å². The quantitative estimate of drug-likeness (QED) is 0.698. The van der Waals surface area contributed by atoms with Crippen molar-refractivity contribution < 1.29 is 14.3 Å². The maximum Gasteiger partial charge on any atom is 0.240 e. The summed E-state index contributed by atoms with van der Waals surface area (Å²) in [5.74, 6) is 1.67. The summed E-state index contributed by atoms with van der Waals surface area (Å²) in [5, 5.41) is -0.277. The first-order chi connectivity index (χ1) is 12.7. The van der Waals surface area contributed by atoms with Gasteiger partial charge in [0, 0.05) is 24.4 Å². The van der Waals surface area contributed by atoms with E-state index in [1.165, 1.54) is 0 Å². The molecule has 1 atom stereocenters. The average molecular weight is 372 g/mol. The fraction of sp³-hybridized carbons (Fsp3) is 0.381. The normalized spacial score (nSPS) is 14.4. The van der Waals surface area contributed by atoms with E-state index in [9.17, 15) is 4.79 Å². The molecule has 0 saturated carbocycles. The Morgan fingerprint density at radius 2 is 1.73 bits per heavy atom. The van der Waals surface area contributed by atoms with Gasteiger partial charge in [-0.2, -0.15) is 0 Å². The van der Waals surface area contributed by atoms with Gasteiger partial charge in [0.1, 0.15) is 5.25 Å². The van der Waals surface area contributed by atoms with Crippen molar-refractivity contribution in [1.82, 2.24) is 4.90 Å². The van der Waals surface area contributed by atoms with Gasteiger partial charge in [-0.05, 0) is 37.6 Å². The third-order valence-corrected chi connectivity index (χ3v) is 5.61. The molecule has 0 spiro atoms. The minimum atomic E-state index is -0.277. The molecule has 138 valence electrons. The zero-order valence-corrected chi connectivity index (χ0v) is 16.1. The van der Waals surface area contributed by atoms with Crippen LogP contribution in [0.15, 0.2) is 53.4 Å². The predicted molar refractivity (Wildman–Crippen MR) is 105 cm³/mol. The summed E-state index contributed by atoms with van der Waals surface area (Å²) in [4.78, 5) is 16.0. The van der Waals surface area contributed by atoms with E-state index in [2.05, 4.69) is 0 Å². The van der Waals surface area contributed by atoms with Crippen LogP contribution in [0.3, 0.4) is 0 Å². The molecule has 3 rings (SSSR count). The standard InChI is InChI=1S/C21H25NO3S/c1-3-22(4-2)21(23)20(16-9-6-5-7-10-16)26-17-11-12-18-19(15-17)25-14-8-13-24-18/h5-7,9-12,15,20H,3-4,8,13-14H2,1-2H3. The summed E-state index contributed by atoms with van der Waals surface area (Å²) >= 11 is 1.56. The van der Waals surface area contributed by atoms with Gasteiger partial charge in [-0.3, -0.25) is 4.79 Å². The zero-order valence-electron chi connectivity index (χ0n) is 15.3. The predicted octanol–water partition coefficient (Wildman–Crippen LogP) is 4.55. The SMILES string of the molecule is CCN(CC)C(=O)C(Sc1ccc2c(c1)OCCCO2)c1ccccc1. The van der Waals surface area contributed by atoms with Gasteiger partial charge in [-0.25, -0.2) is 0 Å². The summed E-state index contributed by atoms with van der Waals surface area (Å²) in [6.45, 7) is 6.78. The smallest absolute Gasteiger partial charge is 0.240 e. The molecule has 5 heteroatoms. The minimum absolute atomic E-state index is 0.137. The molecule has 1 unspecified atom stereocenters. The van der Waals surface area contributed by atoms with Crippen LogP contribution in [0.4, 0.5) is 0 Å². The van der Waals surface area contributed by atoms with Crippen molar-refractivity contribution in [2.24, 2.45) is 0 Å². The lowest BCUT2D eigenvalue weighted by Gasteiger charge is -2.25. The number of amides is 1. The first-order valence-electron chi connectivity index (χ1n) is 9.13. The molecule has 1 aliphatic rings. The van der Waals surface area contributed by atoms with Crippen LogP contribution in [0, 0.1) is 0 Å². The molecule has 1 amide bonds. The van der Waals surface area contributed by atoms with Crippen molar-refractivity contribution in [2.75, 3.05) is 26.3 Å². The van der Waals surface area contributed by atoms with Crippen LogP contribution >= 0.6 is 11.8 Å². The third kappa shape index (κ3) is 4.33. The van der Waals surface area contributed by atoms with Crippen molar-refractivity contribution in [3.05, 3.63) is 54.1 Å². The summed E-state index contributed by atoms with van der Waals surface area (Å²) in [7, 11) is 0. The number of likely N-dealkylation sites (N-methyl/N-ethyl adjacent to an activating group) is 1. The molecule has 0 saturated heterocycles. The van der Waals surface area contributed by atoms with Crippen molar-refractivity contribution in [2.45, 2.75) is 30.4 Å². The lowest BCUT2D eigenvalue weighted by Crippen LogP contribution is -2.33. The Labute approximate surface area is 159 Å². The Morgan fingerprint density at radius 3 is 2.42 bits per heavy atom. The number of nitrogens with zero attached hydrogens (tertiary/aromatic N) is 1. The third-order valence-electron chi connectivity index (χ3n) is 4.37. The van der Waals surface area contributed by atoms with E-state index in [4.69, 9.17) is 9.47 Å². The van der Waals surface area contributed by atoms with Crippen molar-refractivity contribution in [3.63, 3.8) is 0 Å².